The van der Waals surface area contributed by atoms with E-state index >= 15 is 0 Å². The van der Waals surface area contributed by atoms with Crippen molar-refractivity contribution in [2.24, 2.45) is 5.92 Å². The van der Waals surface area contributed by atoms with Crippen LogP contribution in [0, 0.1) is 5.92 Å². The first-order valence-corrected chi connectivity index (χ1v) is 8.24. The Morgan fingerprint density at radius 2 is 1.96 bits per heavy atom. The molecule has 0 aliphatic carbocycles. The number of pyridine rings is 1. The SMILES string of the molecule is COC(=O)Cc1cccc(NC(=O)N2C[C@@H](C)[C@H]2c2ccccc2)n1. The van der Waals surface area contributed by atoms with Crippen LogP contribution < -0.4 is 5.32 Å². The molecule has 1 fully saturated rings. The molecule has 0 radical (unpaired) electrons. The van der Waals surface area contributed by atoms with Crippen molar-refractivity contribution in [3.63, 3.8) is 0 Å². The van der Waals surface area contributed by atoms with Crippen molar-refractivity contribution in [3.8, 4) is 0 Å². The third-order valence-electron chi connectivity index (χ3n) is 4.36. The van der Waals surface area contributed by atoms with E-state index in [1.54, 1.807) is 23.1 Å². The van der Waals surface area contributed by atoms with E-state index in [1.165, 1.54) is 7.11 Å². The number of benzene rings is 1. The Morgan fingerprint density at radius 3 is 2.64 bits per heavy atom. The van der Waals surface area contributed by atoms with Crippen LogP contribution >= 0.6 is 0 Å². The van der Waals surface area contributed by atoms with Gasteiger partial charge in [-0.25, -0.2) is 9.78 Å². The van der Waals surface area contributed by atoms with Crippen LogP contribution in [-0.2, 0) is 16.0 Å². The van der Waals surface area contributed by atoms with E-state index in [-0.39, 0.29) is 24.5 Å². The molecule has 25 heavy (non-hydrogen) atoms. The van der Waals surface area contributed by atoms with Crippen molar-refractivity contribution in [1.82, 2.24) is 9.88 Å². The molecule has 2 amide bonds. The van der Waals surface area contributed by atoms with Gasteiger partial charge in [0.05, 0.1) is 25.3 Å². The van der Waals surface area contributed by atoms with Gasteiger partial charge >= 0.3 is 12.0 Å². The van der Waals surface area contributed by atoms with Gasteiger partial charge in [0, 0.05) is 6.54 Å². The van der Waals surface area contributed by atoms with Crippen molar-refractivity contribution in [2.45, 2.75) is 19.4 Å². The van der Waals surface area contributed by atoms with Gasteiger partial charge in [0.15, 0.2) is 0 Å². The number of nitrogens with one attached hydrogen (secondary N) is 1. The molecule has 1 N–H and O–H groups in total. The Kier molecular flexibility index (Phi) is 4.97. The molecule has 130 valence electrons. The number of carbonyl (C=O) groups excluding carboxylic acids is 2. The first-order chi connectivity index (χ1) is 12.1. The Labute approximate surface area is 146 Å². The van der Waals surface area contributed by atoms with Gasteiger partial charge in [-0.3, -0.25) is 10.1 Å². The number of aromatic nitrogens is 1. The maximum Gasteiger partial charge on any atom is 0.323 e. The molecular weight excluding hydrogens is 318 g/mol. The maximum absolute atomic E-state index is 12.6. The molecule has 6 heteroatoms. The zero-order chi connectivity index (χ0) is 17.8. The number of nitrogens with zero attached hydrogens (tertiary/aromatic N) is 2. The average Bonchev–Trinajstić information content (AvgIpc) is 2.60. The fraction of sp³-hybridized carbons (Fsp3) is 0.316. The number of methoxy groups -OCH3 is 1. The van der Waals surface area contributed by atoms with Gasteiger partial charge in [-0.1, -0.05) is 43.3 Å². The first kappa shape index (κ1) is 17.0. The molecule has 0 saturated carbocycles. The van der Waals surface area contributed by atoms with Crippen LogP contribution in [0.3, 0.4) is 0 Å². The molecule has 0 spiro atoms. The minimum Gasteiger partial charge on any atom is -0.469 e. The summed E-state index contributed by atoms with van der Waals surface area (Å²) in [4.78, 5) is 30.1. The number of carbonyl (C=O) groups is 2. The van der Waals surface area contributed by atoms with Crippen LogP contribution in [0.5, 0.6) is 0 Å². The minimum absolute atomic E-state index is 0.0689. The minimum atomic E-state index is -0.364. The Morgan fingerprint density at radius 1 is 1.20 bits per heavy atom. The second kappa shape index (κ2) is 7.34. The molecule has 0 unspecified atom stereocenters. The molecule has 1 aliphatic heterocycles. The third-order valence-corrected chi connectivity index (χ3v) is 4.36. The molecule has 3 rings (SSSR count). The number of urea groups is 1. The van der Waals surface area contributed by atoms with Crippen molar-refractivity contribution < 1.29 is 14.3 Å². The van der Waals surface area contributed by atoms with Crippen LogP contribution in [0.25, 0.3) is 0 Å². The van der Waals surface area contributed by atoms with Gasteiger partial charge in [0.25, 0.3) is 0 Å². The number of hydrogen-bond donors (Lipinski definition) is 1. The number of rotatable bonds is 4. The lowest BCUT2D eigenvalue weighted by Crippen LogP contribution is -2.53. The summed E-state index contributed by atoms with van der Waals surface area (Å²) in [7, 11) is 1.34. The van der Waals surface area contributed by atoms with Crippen molar-refractivity contribution in [1.29, 1.82) is 0 Å². The number of likely N-dealkylation sites (tertiary alicyclic amines) is 1. The number of esters is 1. The lowest BCUT2D eigenvalue weighted by atomic mass is 9.85. The lowest BCUT2D eigenvalue weighted by Gasteiger charge is -2.46. The first-order valence-electron chi connectivity index (χ1n) is 8.24. The summed E-state index contributed by atoms with van der Waals surface area (Å²) in [6, 6.07) is 15.1. The molecule has 0 bridgehead atoms. The Hall–Kier alpha value is -2.89. The summed E-state index contributed by atoms with van der Waals surface area (Å²) in [5.41, 5.74) is 1.69. The van der Waals surface area contributed by atoms with Gasteiger partial charge in [0.2, 0.25) is 0 Å². The number of amides is 2. The van der Waals surface area contributed by atoms with Gasteiger partial charge in [-0.05, 0) is 23.6 Å². The zero-order valence-electron chi connectivity index (χ0n) is 14.3. The zero-order valence-corrected chi connectivity index (χ0v) is 14.3. The number of hydrogen-bond acceptors (Lipinski definition) is 4. The van der Waals surface area contributed by atoms with E-state index in [9.17, 15) is 9.59 Å². The Bertz CT molecular complexity index is 764. The summed E-state index contributed by atoms with van der Waals surface area (Å²) in [5, 5.41) is 2.82. The van der Waals surface area contributed by atoms with Gasteiger partial charge in [0.1, 0.15) is 5.82 Å². The second-order valence-electron chi connectivity index (χ2n) is 6.18. The highest BCUT2D eigenvalue weighted by molar-refractivity contribution is 5.89. The monoisotopic (exact) mass is 339 g/mol. The normalized spacial score (nSPS) is 19.0. The summed E-state index contributed by atoms with van der Waals surface area (Å²) < 4.78 is 4.64. The summed E-state index contributed by atoms with van der Waals surface area (Å²) in [5.74, 6) is 0.473. The van der Waals surface area contributed by atoms with Crippen LogP contribution in [0.4, 0.5) is 10.6 Å². The van der Waals surface area contributed by atoms with Crippen LogP contribution in [0.1, 0.15) is 24.2 Å². The standard InChI is InChI=1S/C19H21N3O3/c1-13-12-22(18(13)14-7-4-3-5-8-14)19(24)21-16-10-6-9-15(20-16)11-17(23)25-2/h3-10,13,18H,11-12H2,1-2H3,(H,20,21,24)/t13-,18+/m1/s1. The third kappa shape index (κ3) is 3.79. The van der Waals surface area contributed by atoms with E-state index in [1.807, 2.05) is 30.3 Å². The molecule has 2 aromatic rings. The van der Waals surface area contributed by atoms with E-state index in [4.69, 9.17) is 0 Å². The summed E-state index contributed by atoms with van der Waals surface area (Å²) in [6.07, 6.45) is 0.0770. The fourth-order valence-corrected chi connectivity index (χ4v) is 3.11. The van der Waals surface area contributed by atoms with Crippen molar-refractivity contribution in [2.75, 3.05) is 19.0 Å². The van der Waals surface area contributed by atoms with Crippen LogP contribution in [0.2, 0.25) is 0 Å². The molecule has 1 aromatic carbocycles. The van der Waals surface area contributed by atoms with Crippen LogP contribution in [-0.4, -0.2) is 35.5 Å². The quantitative estimate of drug-likeness (QED) is 0.869. The van der Waals surface area contributed by atoms with E-state index in [2.05, 4.69) is 22.0 Å². The second-order valence-corrected chi connectivity index (χ2v) is 6.18. The van der Waals surface area contributed by atoms with E-state index in [0.29, 0.717) is 24.0 Å². The Balaban J connectivity index is 1.68. The predicted molar refractivity (Wildman–Crippen MR) is 94.0 cm³/mol. The van der Waals surface area contributed by atoms with Gasteiger partial charge in [-0.15, -0.1) is 0 Å². The molecule has 1 saturated heterocycles. The average molecular weight is 339 g/mol. The highest BCUT2D eigenvalue weighted by Crippen LogP contribution is 2.38. The maximum atomic E-state index is 12.6. The number of ether oxygens (including phenoxy) is 1. The van der Waals surface area contributed by atoms with Crippen LogP contribution in [0.15, 0.2) is 48.5 Å². The molecule has 6 nitrogen and oxygen atoms in total. The summed E-state index contributed by atoms with van der Waals surface area (Å²) in [6.45, 7) is 2.84. The highest BCUT2D eigenvalue weighted by Gasteiger charge is 2.40. The van der Waals surface area contributed by atoms with Crippen molar-refractivity contribution in [3.05, 3.63) is 59.8 Å². The van der Waals surface area contributed by atoms with Gasteiger partial charge < -0.3 is 9.64 Å². The van der Waals surface area contributed by atoms with Crippen molar-refractivity contribution >= 4 is 17.8 Å². The molecule has 1 aliphatic rings. The largest absolute Gasteiger partial charge is 0.469 e. The highest BCUT2D eigenvalue weighted by atomic mass is 16.5. The topological polar surface area (TPSA) is 71.5 Å². The van der Waals surface area contributed by atoms with E-state index < -0.39 is 0 Å². The fourth-order valence-electron chi connectivity index (χ4n) is 3.11. The lowest BCUT2D eigenvalue weighted by molar-refractivity contribution is -0.139. The molecular formula is C19H21N3O3. The van der Waals surface area contributed by atoms with Gasteiger partial charge in [-0.2, -0.15) is 0 Å². The smallest absolute Gasteiger partial charge is 0.323 e. The summed E-state index contributed by atoms with van der Waals surface area (Å²) >= 11 is 0. The molecule has 2 heterocycles. The number of anilines is 1. The van der Waals surface area contributed by atoms with E-state index in [0.717, 1.165) is 5.56 Å². The predicted octanol–water partition coefficient (Wildman–Crippen LogP) is 3.02. The molecule has 1 aromatic heterocycles. The molecule has 2 atom stereocenters.